The monoisotopic (exact) mass is 290 g/mol. The van der Waals surface area contributed by atoms with Crippen molar-refractivity contribution < 1.29 is 4.79 Å². The van der Waals surface area contributed by atoms with Crippen LogP contribution >= 0.6 is 0 Å². The molecular formula is C16H26N4O. The summed E-state index contributed by atoms with van der Waals surface area (Å²) in [4.78, 5) is 14.7. The van der Waals surface area contributed by atoms with Gasteiger partial charge in [-0.25, -0.2) is 0 Å². The molecule has 0 saturated heterocycles. The molecule has 1 heterocycles. The maximum atomic E-state index is 12.7. The first-order chi connectivity index (χ1) is 10.1. The third-order valence-corrected chi connectivity index (χ3v) is 5.17. The van der Waals surface area contributed by atoms with E-state index in [0.717, 1.165) is 37.2 Å². The quantitative estimate of drug-likeness (QED) is 0.855. The molecule has 0 aromatic carbocycles. The van der Waals surface area contributed by atoms with Crippen LogP contribution in [0.1, 0.15) is 49.9 Å². The van der Waals surface area contributed by atoms with Gasteiger partial charge in [-0.1, -0.05) is 24.5 Å². The molecule has 116 valence electrons. The summed E-state index contributed by atoms with van der Waals surface area (Å²) in [5.41, 5.74) is 2.22. The summed E-state index contributed by atoms with van der Waals surface area (Å²) in [7, 11) is 3.90. The molecule has 0 bridgehead atoms. The second kappa shape index (κ2) is 6.16. The van der Waals surface area contributed by atoms with Gasteiger partial charge in [-0.3, -0.25) is 9.48 Å². The predicted octanol–water partition coefficient (Wildman–Crippen LogP) is 1.96. The Bertz CT molecular complexity index is 504. The number of aryl methyl sites for hydroxylation is 2. The average Bonchev–Trinajstić information content (AvgIpc) is 2.88. The molecule has 1 aromatic heterocycles. The highest BCUT2D eigenvalue weighted by atomic mass is 16.2. The molecule has 1 saturated carbocycles. The number of fused-ring (bicyclic) bond motifs is 1. The molecule has 0 aliphatic heterocycles. The van der Waals surface area contributed by atoms with Crippen LogP contribution in [0.4, 0.5) is 0 Å². The van der Waals surface area contributed by atoms with Crippen LogP contribution in [-0.4, -0.2) is 39.4 Å². The molecule has 1 atom stereocenters. The number of hydrogen-bond acceptors (Lipinski definition) is 3. The van der Waals surface area contributed by atoms with Gasteiger partial charge in [0.2, 0.25) is 5.91 Å². The minimum Gasteiger partial charge on any atom is -0.345 e. The summed E-state index contributed by atoms with van der Waals surface area (Å²) in [6.07, 6.45) is 9.21. The molecule has 2 aliphatic carbocycles. The molecule has 1 fully saturated rings. The van der Waals surface area contributed by atoms with Crippen molar-refractivity contribution in [1.29, 1.82) is 0 Å². The maximum absolute atomic E-state index is 12.7. The largest absolute Gasteiger partial charge is 0.345 e. The molecule has 21 heavy (non-hydrogen) atoms. The van der Waals surface area contributed by atoms with Crippen LogP contribution in [0, 0.1) is 11.8 Å². The second-order valence-corrected chi connectivity index (χ2v) is 6.77. The van der Waals surface area contributed by atoms with Gasteiger partial charge in [0.05, 0.1) is 11.4 Å². The van der Waals surface area contributed by atoms with Gasteiger partial charge < -0.3 is 4.90 Å². The van der Waals surface area contributed by atoms with E-state index < -0.39 is 0 Å². The van der Waals surface area contributed by atoms with Gasteiger partial charge in [0.1, 0.15) is 0 Å². The van der Waals surface area contributed by atoms with E-state index in [9.17, 15) is 4.79 Å². The van der Waals surface area contributed by atoms with E-state index in [1.807, 2.05) is 23.7 Å². The third-order valence-electron chi connectivity index (χ3n) is 5.17. The minimum atomic E-state index is 0.114. The van der Waals surface area contributed by atoms with Crippen molar-refractivity contribution in [2.24, 2.45) is 18.9 Å². The van der Waals surface area contributed by atoms with E-state index in [1.54, 1.807) is 0 Å². The van der Waals surface area contributed by atoms with E-state index in [-0.39, 0.29) is 5.92 Å². The van der Waals surface area contributed by atoms with Crippen molar-refractivity contribution >= 4 is 5.91 Å². The van der Waals surface area contributed by atoms with E-state index in [1.165, 1.54) is 32.1 Å². The highest BCUT2D eigenvalue weighted by molar-refractivity contribution is 5.79. The van der Waals surface area contributed by atoms with E-state index in [2.05, 4.69) is 10.3 Å². The van der Waals surface area contributed by atoms with Crippen molar-refractivity contribution in [3.8, 4) is 0 Å². The van der Waals surface area contributed by atoms with Crippen LogP contribution in [0.3, 0.4) is 0 Å². The Kier molecular flexibility index (Phi) is 4.27. The zero-order valence-electron chi connectivity index (χ0n) is 13.2. The number of carbonyl (C=O) groups excluding carboxylic acids is 1. The molecule has 5 heteroatoms. The summed E-state index contributed by atoms with van der Waals surface area (Å²) in [5, 5.41) is 8.25. The van der Waals surface area contributed by atoms with Gasteiger partial charge in [-0.05, 0) is 31.6 Å². The first-order valence-corrected chi connectivity index (χ1v) is 8.27. The Hall–Kier alpha value is -1.39. The Morgan fingerprint density at radius 3 is 2.81 bits per heavy atom. The van der Waals surface area contributed by atoms with E-state index >= 15 is 0 Å². The highest BCUT2D eigenvalue weighted by Crippen LogP contribution is 2.27. The maximum Gasteiger partial charge on any atom is 0.225 e. The lowest BCUT2D eigenvalue weighted by Gasteiger charge is -2.30. The van der Waals surface area contributed by atoms with Gasteiger partial charge in [0, 0.05) is 33.0 Å². The summed E-state index contributed by atoms with van der Waals surface area (Å²) in [6, 6.07) is 0. The molecule has 5 nitrogen and oxygen atoms in total. The van der Waals surface area contributed by atoms with Crippen LogP contribution in [0.15, 0.2) is 0 Å². The first kappa shape index (κ1) is 14.5. The van der Waals surface area contributed by atoms with E-state index in [4.69, 9.17) is 0 Å². The summed E-state index contributed by atoms with van der Waals surface area (Å²) in [5.74, 6) is 1.14. The standard InChI is InChI=1S/C16H26N4O/c1-19(11-12-6-4-3-5-7-12)16(21)13-8-9-14-15(10-13)20(2)18-17-14/h12-13H,3-11H2,1-2H3. The van der Waals surface area contributed by atoms with Gasteiger partial charge >= 0.3 is 0 Å². The Labute approximate surface area is 126 Å². The van der Waals surface area contributed by atoms with Crippen LogP contribution in [-0.2, 0) is 24.7 Å². The van der Waals surface area contributed by atoms with Crippen molar-refractivity contribution in [2.75, 3.05) is 13.6 Å². The zero-order valence-corrected chi connectivity index (χ0v) is 13.2. The molecular weight excluding hydrogens is 264 g/mol. The van der Waals surface area contributed by atoms with Gasteiger partial charge in [-0.15, -0.1) is 5.10 Å². The number of carbonyl (C=O) groups is 1. The molecule has 0 N–H and O–H groups in total. The van der Waals surface area contributed by atoms with Crippen LogP contribution in [0.2, 0.25) is 0 Å². The zero-order chi connectivity index (χ0) is 14.8. The second-order valence-electron chi connectivity index (χ2n) is 6.77. The van der Waals surface area contributed by atoms with Crippen molar-refractivity contribution in [2.45, 2.75) is 51.4 Å². The molecule has 1 aromatic rings. The summed E-state index contributed by atoms with van der Waals surface area (Å²) in [6.45, 7) is 0.936. The third kappa shape index (κ3) is 3.11. The lowest BCUT2D eigenvalue weighted by Crippen LogP contribution is -2.39. The van der Waals surface area contributed by atoms with Gasteiger partial charge in [0.15, 0.2) is 0 Å². The lowest BCUT2D eigenvalue weighted by atomic mass is 9.87. The number of rotatable bonds is 3. The van der Waals surface area contributed by atoms with Crippen molar-refractivity contribution in [3.05, 3.63) is 11.4 Å². The van der Waals surface area contributed by atoms with Crippen molar-refractivity contribution in [3.63, 3.8) is 0 Å². The number of amides is 1. The molecule has 2 aliphatic rings. The number of aromatic nitrogens is 3. The van der Waals surface area contributed by atoms with Gasteiger partial charge in [-0.2, -0.15) is 0 Å². The fraction of sp³-hybridized carbons (Fsp3) is 0.812. The Morgan fingerprint density at radius 2 is 2.05 bits per heavy atom. The predicted molar refractivity (Wildman–Crippen MR) is 80.7 cm³/mol. The number of nitrogens with zero attached hydrogens (tertiary/aromatic N) is 4. The average molecular weight is 290 g/mol. The summed E-state index contributed by atoms with van der Waals surface area (Å²) < 4.78 is 1.83. The summed E-state index contributed by atoms with van der Waals surface area (Å²) >= 11 is 0. The molecule has 1 unspecified atom stereocenters. The fourth-order valence-electron chi connectivity index (χ4n) is 3.88. The van der Waals surface area contributed by atoms with Crippen molar-refractivity contribution in [1.82, 2.24) is 19.9 Å². The lowest BCUT2D eigenvalue weighted by molar-refractivity contribution is -0.135. The smallest absolute Gasteiger partial charge is 0.225 e. The molecule has 1 amide bonds. The first-order valence-electron chi connectivity index (χ1n) is 8.27. The Morgan fingerprint density at radius 1 is 1.29 bits per heavy atom. The topological polar surface area (TPSA) is 51.0 Å². The molecule has 0 radical (unpaired) electrons. The van der Waals surface area contributed by atoms with E-state index in [0.29, 0.717) is 11.8 Å². The van der Waals surface area contributed by atoms with Crippen LogP contribution in [0.5, 0.6) is 0 Å². The minimum absolute atomic E-state index is 0.114. The van der Waals surface area contributed by atoms with Crippen LogP contribution in [0.25, 0.3) is 0 Å². The Balaban J connectivity index is 1.59. The SMILES string of the molecule is CN(CC1CCCCC1)C(=O)C1CCc2nnn(C)c2C1. The van der Waals surface area contributed by atoms with Gasteiger partial charge in [0.25, 0.3) is 0 Å². The normalized spacial score (nSPS) is 22.9. The van der Waals surface area contributed by atoms with Crippen LogP contribution < -0.4 is 0 Å². The highest BCUT2D eigenvalue weighted by Gasteiger charge is 2.30. The molecule has 3 rings (SSSR count). The number of hydrogen-bond donors (Lipinski definition) is 0. The molecule has 0 spiro atoms. The fourth-order valence-corrected chi connectivity index (χ4v) is 3.88.